The number of aromatic hydroxyl groups is 1. The zero-order valence-electron chi connectivity index (χ0n) is 13.9. The van der Waals surface area contributed by atoms with Gasteiger partial charge in [0.05, 0.1) is 12.8 Å². The highest BCUT2D eigenvalue weighted by molar-refractivity contribution is 9.10. The largest absolute Gasteiger partial charge is 0.505 e. The van der Waals surface area contributed by atoms with Crippen molar-refractivity contribution in [1.82, 2.24) is 5.32 Å². The maximum absolute atomic E-state index is 12.0. The van der Waals surface area contributed by atoms with Gasteiger partial charge in [0.2, 0.25) is 5.91 Å². The number of methoxy groups -OCH3 is 1. The minimum absolute atomic E-state index is 0.00413. The van der Waals surface area contributed by atoms with Crippen LogP contribution < -0.4 is 10.6 Å². The molecule has 0 unspecified atom stereocenters. The number of ether oxygens (including phenoxy) is 1. The van der Waals surface area contributed by atoms with Crippen molar-refractivity contribution in [2.24, 2.45) is 0 Å². The number of carbonyl (C=O) groups is 3. The van der Waals surface area contributed by atoms with Crippen molar-refractivity contribution in [1.29, 1.82) is 0 Å². The van der Waals surface area contributed by atoms with E-state index in [0.29, 0.717) is 5.56 Å². The van der Waals surface area contributed by atoms with E-state index in [2.05, 4.69) is 31.3 Å². The predicted octanol–water partition coefficient (Wildman–Crippen LogP) is 2.70. The maximum Gasteiger partial charge on any atom is 0.341 e. The van der Waals surface area contributed by atoms with E-state index in [4.69, 9.17) is 0 Å². The van der Waals surface area contributed by atoms with Gasteiger partial charge in [0.25, 0.3) is 5.91 Å². The van der Waals surface area contributed by atoms with Gasteiger partial charge in [-0.1, -0.05) is 22.0 Å². The standard InChI is InChI=1S/C18H17BrN2O5/c1-26-18(25)13-3-2-4-14(16(13)23)21-15(22)9-10-20-17(24)11-5-7-12(19)8-6-11/h2-8,23H,9-10H2,1H3,(H,20,24)(H,21,22). The van der Waals surface area contributed by atoms with E-state index in [1.165, 1.54) is 25.3 Å². The third-order valence-corrected chi connectivity index (χ3v) is 3.99. The van der Waals surface area contributed by atoms with Crippen molar-refractivity contribution in [3.05, 3.63) is 58.1 Å². The summed E-state index contributed by atoms with van der Waals surface area (Å²) < 4.78 is 5.42. The van der Waals surface area contributed by atoms with E-state index in [1.807, 2.05) is 0 Å². The van der Waals surface area contributed by atoms with Crippen molar-refractivity contribution in [2.45, 2.75) is 6.42 Å². The molecule has 0 heterocycles. The van der Waals surface area contributed by atoms with Crippen molar-refractivity contribution in [2.75, 3.05) is 19.0 Å². The molecule has 0 atom stereocenters. The number of halogens is 1. The molecule has 0 aliphatic carbocycles. The lowest BCUT2D eigenvalue weighted by molar-refractivity contribution is -0.116. The van der Waals surface area contributed by atoms with Gasteiger partial charge in [-0.25, -0.2) is 4.79 Å². The van der Waals surface area contributed by atoms with Crippen molar-refractivity contribution in [3.8, 4) is 5.75 Å². The van der Waals surface area contributed by atoms with Crippen LogP contribution in [0.25, 0.3) is 0 Å². The van der Waals surface area contributed by atoms with Crippen LogP contribution in [0.1, 0.15) is 27.1 Å². The number of hydrogen-bond donors (Lipinski definition) is 3. The molecule has 2 amide bonds. The van der Waals surface area contributed by atoms with Crippen LogP contribution in [0, 0.1) is 0 Å². The Kier molecular flexibility index (Phi) is 6.74. The van der Waals surface area contributed by atoms with E-state index in [0.717, 1.165) is 4.47 Å². The van der Waals surface area contributed by atoms with Crippen LogP contribution in [0.3, 0.4) is 0 Å². The highest BCUT2D eigenvalue weighted by Gasteiger charge is 2.16. The Hall–Kier alpha value is -2.87. The fraction of sp³-hybridized carbons (Fsp3) is 0.167. The SMILES string of the molecule is COC(=O)c1cccc(NC(=O)CCNC(=O)c2ccc(Br)cc2)c1O. The number of benzene rings is 2. The van der Waals surface area contributed by atoms with Crippen LogP contribution in [-0.4, -0.2) is 36.5 Å². The molecule has 0 fully saturated rings. The Balaban J connectivity index is 1.88. The molecule has 0 spiro atoms. The maximum atomic E-state index is 12.0. The number of phenolic OH excluding ortho intramolecular Hbond substituents is 1. The monoisotopic (exact) mass is 420 g/mol. The normalized spacial score (nSPS) is 10.1. The molecule has 8 heteroatoms. The van der Waals surface area contributed by atoms with E-state index in [1.54, 1.807) is 24.3 Å². The summed E-state index contributed by atoms with van der Waals surface area (Å²) in [6.45, 7) is 0.123. The highest BCUT2D eigenvalue weighted by atomic mass is 79.9. The minimum atomic E-state index is -0.708. The van der Waals surface area contributed by atoms with Crippen molar-refractivity contribution in [3.63, 3.8) is 0 Å². The molecule has 0 saturated carbocycles. The summed E-state index contributed by atoms with van der Waals surface area (Å²) in [5.41, 5.74) is 0.531. The Bertz CT molecular complexity index is 821. The lowest BCUT2D eigenvalue weighted by Gasteiger charge is -2.10. The number of nitrogens with one attached hydrogen (secondary N) is 2. The van der Waals surface area contributed by atoms with Crippen LogP contribution in [0.15, 0.2) is 46.9 Å². The van der Waals surface area contributed by atoms with E-state index in [9.17, 15) is 19.5 Å². The van der Waals surface area contributed by atoms with Gasteiger partial charge < -0.3 is 20.5 Å². The third-order valence-electron chi connectivity index (χ3n) is 3.46. The average Bonchev–Trinajstić information content (AvgIpc) is 2.63. The Morgan fingerprint density at radius 1 is 1.12 bits per heavy atom. The quantitative estimate of drug-likeness (QED) is 0.492. The van der Waals surface area contributed by atoms with Gasteiger partial charge in [-0.2, -0.15) is 0 Å². The molecule has 2 aromatic carbocycles. The summed E-state index contributed by atoms with van der Waals surface area (Å²) in [5.74, 6) is -1.79. The van der Waals surface area contributed by atoms with Crippen LogP contribution in [0.4, 0.5) is 5.69 Å². The average molecular weight is 421 g/mol. The van der Waals surface area contributed by atoms with Gasteiger partial charge in [-0.3, -0.25) is 9.59 Å². The first-order valence-electron chi connectivity index (χ1n) is 7.66. The van der Waals surface area contributed by atoms with Gasteiger partial charge in [-0.15, -0.1) is 0 Å². The lowest BCUT2D eigenvalue weighted by atomic mass is 10.1. The van der Waals surface area contributed by atoms with Crippen LogP contribution in [0.5, 0.6) is 5.75 Å². The number of esters is 1. The number of carbonyl (C=O) groups excluding carboxylic acids is 3. The zero-order chi connectivity index (χ0) is 19.1. The Labute approximate surface area is 158 Å². The number of amides is 2. The Morgan fingerprint density at radius 3 is 2.46 bits per heavy atom. The summed E-state index contributed by atoms with van der Waals surface area (Å²) in [4.78, 5) is 35.5. The molecule has 2 aromatic rings. The fourth-order valence-electron chi connectivity index (χ4n) is 2.12. The second-order valence-corrected chi connectivity index (χ2v) is 6.17. The lowest BCUT2D eigenvalue weighted by Crippen LogP contribution is -2.27. The molecular formula is C18H17BrN2O5. The molecular weight excluding hydrogens is 404 g/mol. The number of hydrogen-bond acceptors (Lipinski definition) is 5. The van der Waals surface area contributed by atoms with Crippen molar-refractivity contribution < 1.29 is 24.2 Å². The topological polar surface area (TPSA) is 105 Å². The summed E-state index contributed by atoms with van der Waals surface area (Å²) >= 11 is 3.29. The predicted molar refractivity (Wildman–Crippen MR) is 99.2 cm³/mol. The van der Waals surface area contributed by atoms with E-state index in [-0.39, 0.29) is 35.9 Å². The summed E-state index contributed by atoms with van der Waals surface area (Å²) in [7, 11) is 1.20. The molecule has 0 radical (unpaired) electrons. The van der Waals surface area contributed by atoms with Gasteiger partial charge in [0, 0.05) is 23.0 Å². The van der Waals surface area contributed by atoms with Crippen LogP contribution in [-0.2, 0) is 9.53 Å². The van der Waals surface area contributed by atoms with Crippen LogP contribution in [0.2, 0.25) is 0 Å². The number of phenols is 1. The number of anilines is 1. The molecule has 0 aliphatic heterocycles. The molecule has 0 aliphatic rings. The van der Waals surface area contributed by atoms with Gasteiger partial charge >= 0.3 is 5.97 Å². The molecule has 0 aromatic heterocycles. The molecule has 0 bridgehead atoms. The number of para-hydroxylation sites is 1. The molecule has 0 saturated heterocycles. The molecule has 3 N–H and O–H groups in total. The van der Waals surface area contributed by atoms with Gasteiger partial charge in [0.15, 0.2) is 5.75 Å². The Morgan fingerprint density at radius 2 is 1.81 bits per heavy atom. The van der Waals surface area contributed by atoms with Gasteiger partial charge in [0.1, 0.15) is 5.56 Å². The molecule has 26 heavy (non-hydrogen) atoms. The second kappa shape index (κ2) is 9.00. The molecule has 136 valence electrons. The third kappa shape index (κ3) is 5.06. The summed E-state index contributed by atoms with van der Waals surface area (Å²) in [6.07, 6.45) is 0.00413. The fourth-order valence-corrected chi connectivity index (χ4v) is 2.39. The first-order chi connectivity index (χ1) is 12.4. The summed E-state index contributed by atoms with van der Waals surface area (Å²) in [5, 5.41) is 15.2. The van der Waals surface area contributed by atoms with E-state index >= 15 is 0 Å². The number of rotatable bonds is 6. The molecule has 2 rings (SSSR count). The highest BCUT2D eigenvalue weighted by Crippen LogP contribution is 2.28. The van der Waals surface area contributed by atoms with Crippen LogP contribution >= 0.6 is 15.9 Å². The smallest absolute Gasteiger partial charge is 0.341 e. The second-order valence-electron chi connectivity index (χ2n) is 5.25. The van der Waals surface area contributed by atoms with E-state index < -0.39 is 11.9 Å². The zero-order valence-corrected chi connectivity index (χ0v) is 15.5. The first-order valence-corrected chi connectivity index (χ1v) is 8.45. The summed E-state index contributed by atoms with van der Waals surface area (Å²) in [6, 6.07) is 11.2. The minimum Gasteiger partial charge on any atom is -0.505 e. The van der Waals surface area contributed by atoms with Gasteiger partial charge in [-0.05, 0) is 36.4 Å². The first kappa shape index (κ1) is 19.5. The van der Waals surface area contributed by atoms with Crippen molar-refractivity contribution >= 4 is 39.4 Å². The molecule has 7 nitrogen and oxygen atoms in total.